The highest BCUT2D eigenvalue weighted by Crippen LogP contribution is 1.74. The molecule has 0 saturated carbocycles. The third kappa shape index (κ3) is 7.16. The molecule has 0 aliphatic carbocycles. The Balaban J connectivity index is 3.10. The molecule has 0 saturated heterocycles. The number of hydrogen-bond donors (Lipinski definition) is 3. The summed E-state index contributed by atoms with van der Waals surface area (Å²) in [5.41, 5.74) is 9.86. The number of urea groups is 1. The van der Waals surface area contributed by atoms with Crippen molar-refractivity contribution in [3.05, 3.63) is 0 Å². The molecule has 0 radical (unpaired) electrons. The summed E-state index contributed by atoms with van der Waals surface area (Å²) in [7, 11) is 0. The molecule has 9 heavy (non-hydrogen) atoms. The first kappa shape index (κ1) is 8.16. The number of nitrogens with one attached hydrogen (secondary N) is 1. The van der Waals surface area contributed by atoms with Crippen molar-refractivity contribution in [3.8, 4) is 0 Å². The van der Waals surface area contributed by atoms with Crippen LogP contribution in [0.1, 0.15) is 6.42 Å². The second-order valence-electron chi connectivity index (χ2n) is 1.51. The van der Waals surface area contributed by atoms with Crippen LogP contribution in [0.15, 0.2) is 0 Å². The molecule has 4 nitrogen and oxygen atoms in total. The average Bonchev–Trinajstić information content (AvgIpc) is 1.63. The average molecular weight is 147 g/mol. The monoisotopic (exact) mass is 147 g/mol. The topological polar surface area (TPSA) is 81.1 Å². The van der Waals surface area contributed by atoms with Crippen LogP contribution in [0, 0.1) is 0 Å². The third-order valence-corrected chi connectivity index (χ3v) is 0.875. The van der Waals surface area contributed by atoms with Crippen molar-refractivity contribution in [1.29, 1.82) is 0 Å². The Morgan fingerprint density at radius 2 is 2.11 bits per heavy atom. The molecule has 0 aromatic rings. The molecule has 0 spiro atoms. The predicted octanol–water partition coefficient (Wildman–Crippen LogP) is -0.669. The number of carbonyl (C=O) groups is 1. The second kappa shape index (κ2) is 4.08. The van der Waals surface area contributed by atoms with E-state index in [2.05, 4.69) is 17.5 Å². The molecule has 0 fully saturated rings. The summed E-state index contributed by atoms with van der Waals surface area (Å²) in [6, 6.07) is -0.550. The van der Waals surface area contributed by atoms with Crippen molar-refractivity contribution in [2.24, 2.45) is 11.5 Å². The van der Waals surface area contributed by atoms with E-state index in [9.17, 15) is 4.79 Å². The molecule has 5 heteroatoms. The van der Waals surface area contributed by atoms with Crippen LogP contribution in [0.2, 0.25) is 0 Å². The van der Waals surface area contributed by atoms with Gasteiger partial charge >= 0.3 is 6.03 Å². The summed E-state index contributed by atoms with van der Waals surface area (Å²) < 4.78 is 0. The van der Waals surface area contributed by atoms with Crippen LogP contribution >= 0.6 is 12.2 Å². The number of amides is 2. The molecular weight excluding hydrogens is 138 g/mol. The molecule has 0 aliphatic rings. The van der Waals surface area contributed by atoms with Crippen LogP contribution < -0.4 is 16.8 Å². The van der Waals surface area contributed by atoms with Crippen LogP contribution in [-0.4, -0.2) is 17.6 Å². The number of thiocarbonyl (C=S) groups is 1. The van der Waals surface area contributed by atoms with Gasteiger partial charge in [-0.1, -0.05) is 12.2 Å². The Hall–Kier alpha value is -0.840. The molecule has 0 aromatic heterocycles. The summed E-state index contributed by atoms with van der Waals surface area (Å²) in [4.78, 5) is 10.4. The standard InChI is InChI=1S/C4H9N3OS/c5-3(9)1-2-7-4(6)8/h1-2H2,(H2,5,9)(H3,6,7,8). The largest absolute Gasteiger partial charge is 0.393 e. The lowest BCUT2D eigenvalue weighted by atomic mass is 10.4. The summed E-state index contributed by atoms with van der Waals surface area (Å²) in [6.45, 7) is 0.421. The van der Waals surface area contributed by atoms with Gasteiger partial charge in [-0.2, -0.15) is 0 Å². The molecule has 2 amide bonds. The van der Waals surface area contributed by atoms with Gasteiger partial charge in [0.25, 0.3) is 0 Å². The smallest absolute Gasteiger partial charge is 0.312 e. The number of rotatable bonds is 3. The van der Waals surface area contributed by atoms with Crippen molar-refractivity contribution in [2.75, 3.05) is 6.54 Å². The van der Waals surface area contributed by atoms with Gasteiger partial charge in [0, 0.05) is 13.0 Å². The normalized spacial score (nSPS) is 8.44. The first-order chi connectivity index (χ1) is 4.13. The molecule has 5 N–H and O–H groups in total. The maximum Gasteiger partial charge on any atom is 0.312 e. The third-order valence-electron chi connectivity index (χ3n) is 0.671. The van der Waals surface area contributed by atoms with E-state index < -0.39 is 6.03 Å². The van der Waals surface area contributed by atoms with Gasteiger partial charge in [0.2, 0.25) is 0 Å². The number of carbonyl (C=O) groups excluding carboxylic acids is 1. The van der Waals surface area contributed by atoms with Crippen molar-refractivity contribution < 1.29 is 4.79 Å². The molecule has 0 rings (SSSR count). The van der Waals surface area contributed by atoms with Gasteiger partial charge < -0.3 is 16.8 Å². The predicted molar refractivity (Wildman–Crippen MR) is 39.0 cm³/mol. The maximum atomic E-state index is 10.0. The van der Waals surface area contributed by atoms with Gasteiger partial charge in [-0.05, 0) is 0 Å². The minimum absolute atomic E-state index is 0.378. The lowest BCUT2D eigenvalue weighted by Gasteiger charge is -1.97. The van der Waals surface area contributed by atoms with Gasteiger partial charge in [0.15, 0.2) is 0 Å². The molecule has 0 atom stereocenters. The number of nitrogens with two attached hydrogens (primary N) is 2. The van der Waals surface area contributed by atoms with E-state index in [0.29, 0.717) is 18.0 Å². The van der Waals surface area contributed by atoms with Gasteiger partial charge in [-0.15, -0.1) is 0 Å². The lowest BCUT2D eigenvalue weighted by molar-refractivity contribution is 0.249. The fourth-order valence-electron chi connectivity index (χ4n) is 0.309. The molecule has 0 unspecified atom stereocenters. The number of primary amides is 1. The molecule has 0 heterocycles. The van der Waals surface area contributed by atoms with E-state index in [1.807, 2.05) is 0 Å². The highest BCUT2D eigenvalue weighted by atomic mass is 32.1. The van der Waals surface area contributed by atoms with E-state index in [-0.39, 0.29) is 0 Å². The van der Waals surface area contributed by atoms with Crippen LogP contribution in [-0.2, 0) is 0 Å². The molecule has 0 aliphatic heterocycles. The molecule has 0 aromatic carbocycles. The van der Waals surface area contributed by atoms with Gasteiger partial charge in [-0.25, -0.2) is 4.79 Å². The van der Waals surface area contributed by atoms with Gasteiger partial charge in [-0.3, -0.25) is 0 Å². The van der Waals surface area contributed by atoms with E-state index in [4.69, 9.17) is 11.5 Å². The van der Waals surface area contributed by atoms with Gasteiger partial charge in [0.05, 0.1) is 4.99 Å². The zero-order chi connectivity index (χ0) is 7.28. The summed E-state index contributed by atoms with van der Waals surface area (Å²) in [5.74, 6) is 0. The number of hydrogen-bond acceptors (Lipinski definition) is 2. The Morgan fingerprint density at radius 3 is 2.44 bits per heavy atom. The molecular formula is C4H9N3OS. The Bertz CT molecular complexity index is 111. The molecule has 0 bridgehead atoms. The van der Waals surface area contributed by atoms with E-state index in [0.717, 1.165) is 0 Å². The highest BCUT2D eigenvalue weighted by molar-refractivity contribution is 7.80. The zero-order valence-corrected chi connectivity index (χ0v) is 5.70. The first-order valence-corrected chi connectivity index (χ1v) is 2.85. The van der Waals surface area contributed by atoms with Crippen LogP contribution in [0.3, 0.4) is 0 Å². The zero-order valence-electron chi connectivity index (χ0n) is 4.89. The second-order valence-corrected chi connectivity index (χ2v) is 2.03. The Kier molecular flexibility index (Phi) is 3.70. The summed E-state index contributed by atoms with van der Waals surface area (Å²) in [6.07, 6.45) is 0.498. The van der Waals surface area contributed by atoms with Crippen LogP contribution in [0.5, 0.6) is 0 Å². The highest BCUT2D eigenvalue weighted by Gasteiger charge is 1.90. The van der Waals surface area contributed by atoms with Crippen LogP contribution in [0.4, 0.5) is 4.79 Å². The maximum absolute atomic E-state index is 10.0. The summed E-state index contributed by atoms with van der Waals surface area (Å²) in [5, 5.41) is 2.35. The fraction of sp³-hybridized carbons (Fsp3) is 0.500. The van der Waals surface area contributed by atoms with Crippen molar-refractivity contribution in [2.45, 2.75) is 6.42 Å². The van der Waals surface area contributed by atoms with Crippen molar-refractivity contribution in [1.82, 2.24) is 5.32 Å². The lowest BCUT2D eigenvalue weighted by Crippen LogP contribution is -2.31. The summed E-state index contributed by atoms with van der Waals surface area (Å²) >= 11 is 4.53. The first-order valence-electron chi connectivity index (χ1n) is 2.44. The minimum Gasteiger partial charge on any atom is -0.393 e. The van der Waals surface area contributed by atoms with Crippen LogP contribution in [0.25, 0.3) is 0 Å². The van der Waals surface area contributed by atoms with E-state index >= 15 is 0 Å². The van der Waals surface area contributed by atoms with E-state index in [1.165, 1.54) is 0 Å². The molecule has 52 valence electrons. The Labute approximate surface area is 58.6 Å². The van der Waals surface area contributed by atoms with Crippen molar-refractivity contribution in [3.63, 3.8) is 0 Å². The Morgan fingerprint density at radius 1 is 1.56 bits per heavy atom. The SMILES string of the molecule is NC(=O)NCCC(N)=S. The minimum atomic E-state index is -0.550. The van der Waals surface area contributed by atoms with Gasteiger partial charge in [0.1, 0.15) is 0 Å². The fourth-order valence-corrected chi connectivity index (χ4v) is 0.411. The quantitative estimate of drug-likeness (QED) is 0.463. The van der Waals surface area contributed by atoms with Crippen molar-refractivity contribution >= 4 is 23.2 Å². The van der Waals surface area contributed by atoms with E-state index in [1.54, 1.807) is 0 Å².